The number of fused-ring (bicyclic) bond motifs is 1. The van der Waals surface area contributed by atoms with Crippen molar-refractivity contribution in [3.63, 3.8) is 0 Å². The van der Waals surface area contributed by atoms with Crippen LogP contribution in [-0.2, 0) is 6.42 Å². The molecule has 1 N–H and O–H groups in total. The van der Waals surface area contributed by atoms with Gasteiger partial charge in [-0.2, -0.15) is 11.3 Å². The minimum atomic E-state index is 0.640. The standard InChI is InChI=1S/C8H11NS/c1-9-8-3-2-6-4-10-5-7(6)8/h4-5,8-9H,2-3H2,1H3. The zero-order valence-electron chi connectivity index (χ0n) is 6.05. The Balaban J connectivity index is 2.34. The highest BCUT2D eigenvalue weighted by atomic mass is 32.1. The first-order chi connectivity index (χ1) is 4.92. The Labute approximate surface area is 65.1 Å². The smallest absolute Gasteiger partial charge is 0.0331 e. The van der Waals surface area contributed by atoms with Gasteiger partial charge in [-0.25, -0.2) is 0 Å². The van der Waals surface area contributed by atoms with Gasteiger partial charge in [-0.1, -0.05) is 0 Å². The minimum Gasteiger partial charge on any atom is -0.313 e. The fraction of sp³-hybridized carbons (Fsp3) is 0.500. The molecule has 2 heteroatoms. The lowest BCUT2D eigenvalue weighted by atomic mass is 10.2. The van der Waals surface area contributed by atoms with Gasteiger partial charge in [0.05, 0.1) is 0 Å². The average Bonchev–Trinajstić information content (AvgIpc) is 2.44. The number of hydrogen-bond donors (Lipinski definition) is 1. The quantitative estimate of drug-likeness (QED) is 0.650. The molecule has 1 aliphatic rings. The summed E-state index contributed by atoms with van der Waals surface area (Å²) in [5.74, 6) is 0. The van der Waals surface area contributed by atoms with Crippen LogP contribution in [0.25, 0.3) is 0 Å². The maximum absolute atomic E-state index is 3.31. The molecule has 1 unspecified atom stereocenters. The molecule has 1 aromatic heterocycles. The molecule has 0 fully saturated rings. The molecule has 1 aliphatic carbocycles. The predicted molar refractivity (Wildman–Crippen MR) is 44.4 cm³/mol. The molecule has 0 aromatic carbocycles. The van der Waals surface area contributed by atoms with Gasteiger partial charge in [-0.05, 0) is 41.8 Å². The molecular formula is C8H11NS. The molecule has 1 atom stereocenters. The maximum atomic E-state index is 3.31. The molecule has 0 bridgehead atoms. The molecule has 0 saturated heterocycles. The summed E-state index contributed by atoms with van der Waals surface area (Å²) in [4.78, 5) is 0. The summed E-state index contributed by atoms with van der Waals surface area (Å²) in [5, 5.41) is 7.85. The van der Waals surface area contributed by atoms with Crippen LogP contribution in [0, 0.1) is 0 Å². The summed E-state index contributed by atoms with van der Waals surface area (Å²) in [6, 6.07) is 0.640. The summed E-state index contributed by atoms with van der Waals surface area (Å²) in [7, 11) is 2.04. The largest absolute Gasteiger partial charge is 0.313 e. The molecule has 0 aliphatic heterocycles. The lowest BCUT2D eigenvalue weighted by molar-refractivity contribution is 0.591. The van der Waals surface area contributed by atoms with Crippen molar-refractivity contribution in [3.05, 3.63) is 21.9 Å². The number of aryl methyl sites for hydroxylation is 1. The van der Waals surface area contributed by atoms with E-state index in [2.05, 4.69) is 16.1 Å². The highest BCUT2D eigenvalue weighted by Gasteiger charge is 2.20. The highest BCUT2D eigenvalue weighted by Crippen LogP contribution is 2.33. The third kappa shape index (κ3) is 0.796. The topological polar surface area (TPSA) is 12.0 Å². The number of nitrogens with one attached hydrogen (secondary N) is 1. The minimum absolute atomic E-state index is 0.640. The second kappa shape index (κ2) is 2.36. The van der Waals surface area contributed by atoms with E-state index in [1.165, 1.54) is 18.4 Å². The Morgan fingerprint density at radius 1 is 1.60 bits per heavy atom. The summed E-state index contributed by atoms with van der Waals surface area (Å²) in [6.45, 7) is 0. The highest BCUT2D eigenvalue weighted by molar-refractivity contribution is 7.08. The Kier molecular flexibility index (Phi) is 1.51. The molecule has 0 amide bonds. The van der Waals surface area contributed by atoms with Crippen molar-refractivity contribution in [3.8, 4) is 0 Å². The zero-order valence-corrected chi connectivity index (χ0v) is 6.87. The SMILES string of the molecule is CNC1CCc2cscc21. The fourth-order valence-corrected chi connectivity index (χ4v) is 2.55. The Morgan fingerprint density at radius 2 is 2.50 bits per heavy atom. The van der Waals surface area contributed by atoms with Crippen LogP contribution < -0.4 is 5.32 Å². The fourth-order valence-electron chi connectivity index (χ4n) is 1.60. The third-order valence-electron chi connectivity index (χ3n) is 2.20. The maximum Gasteiger partial charge on any atom is 0.0331 e. The molecule has 10 heavy (non-hydrogen) atoms. The van der Waals surface area contributed by atoms with E-state index in [1.807, 2.05) is 18.4 Å². The van der Waals surface area contributed by atoms with Crippen molar-refractivity contribution in [1.82, 2.24) is 5.32 Å². The lowest BCUT2D eigenvalue weighted by Gasteiger charge is -2.06. The number of rotatable bonds is 1. The second-order valence-corrected chi connectivity index (χ2v) is 3.48. The molecule has 1 heterocycles. The molecule has 1 nitrogen and oxygen atoms in total. The van der Waals surface area contributed by atoms with Crippen LogP contribution in [0.5, 0.6) is 0 Å². The van der Waals surface area contributed by atoms with E-state index in [-0.39, 0.29) is 0 Å². The molecule has 1 aromatic rings. The van der Waals surface area contributed by atoms with Crippen molar-refractivity contribution in [2.75, 3.05) is 7.05 Å². The first-order valence-corrected chi connectivity index (χ1v) is 4.58. The van der Waals surface area contributed by atoms with Crippen molar-refractivity contribution in [2.24, 2.45) is 0 Å². The molecule has 54 valence electrons. The summed E-state index contributed by atoms with van der Waals surface area (Å²) in [5.41, 5.74) is 3.09. The Morgan fingerprint density at radius 3 is 3.30 bits per heavy atom. The van der Waals surface area contributed by atoms with E-state index in [4.69, 9.17) is 0 Å². The first kappa shape index (κ1) is 6.38. The van der Waals surface area contributed by atoms with Gasteiger partial charge in [-0.3, -0.25) is 0 Å². The first-order valence-electron chi connectivity index (χ1n) is 3.64. The van der Waals surface area contributed by atoms with Gasteiger partial charge < -0.3 is 5.32 Å². The van der Waals surface area contributed by atoms with Crippen LogP contribution in [-0.4, -0.2) is 7.05 Å². The van der Waals surface area contributed by atoms with E-state index in [1.54, 1.807) is 5.56 Å². The summed E-state index contributed by atoms with van der Waals surface area (Å²) < 4.78 is 0. The Hall–Kier alpha value is -0.340. The van der Waals surface area contributed by atoms with Crippen LogP contribution >= 0.6 is 11.3 Å². The third-order valence-corrected chi connectivity index (χ3v) is 3.01. The van der Waals surface area contributed by atoms with E-state index < -0.39 is 0 Å². The van der Waals surface area contributed by atoms with Crippen LogP contribution in [0.4, 0.5) is 0 Å². The van der Waals surface area contributed by atoms with Crippen LogP contribution in [0.3, 0.4) is 0 Å². The van der Waals surface area contributed by atoms with Crippen molar-refractivity contribution in [2.45, 2.75) is 18.9 Å². The van der Waals surface area contributed by atoms with Gasteiger partial charge in [0.25, 0.3) is 0 Å². The zero-order chi connectivity index (χ0) is 6.97. The van der Waals surface area contributed by atoms with Crippen LogP contribution in [0.1, 0.15) is 23.6 Å². The van der Waals surface area contributed by atoms with Crippen molar-refractivity contribution in [1.29, 1.82) is 0 Å². The molecular weight excluding hydrogens is 142 g/mol. The van der Waals surface area contributed by atoms with E-state index in [0.29, 0.717) is 6.04 Å². The van der Waals surface area contributed by atoms with E-state index in [0.717, 1.165) is 0 Å². The number of thiophene rings is 1. The van der Waals surface area contributed by atoms with Gasteiger partial charge in [-0.15, -0.1) is 0 Å². The van der Waals surface area contributed by atoms with Crippen molar-refractivity contribution < 1.29 is 0 Å². The van der Waals surface area contributed by atoms with E-state index in [9.17, 15) is 0 Å². The average molecular weight is 153 g/mol. The molecule has 0 radical (unpaired) electrons. The second-order valence-electron chi connectivity index (χ2n) is 2.73. The normalized spacial score (nSPS) is 23.1. The van der Waals surface area contributed by atoms with Gasteiger partial charge in [0.2, 0.25) is 0 Å². The van der Waals surface area contributed by atoms with Crippen molar-refractivity contribution >= 4 is 11.3 Å². The molecule has 0 saturated carbocycles. The summed E-state index contributed by atoms with van der Waals surface area (Å²) >= 11 is 1.82. The van der Waals surface area contributed by atoms with Crippen LogP contribution in [0.15, 0.2) is 10.8 Å². The van der Waals surface area contributed by atoms with Crippen LogP contribution in [0.2, 0.25) is 0 Å². The van der Waals surface area contributed by atoms with Gasteiger partial charge >= 0.3 is 0 Å². The van der Waals surface area contributed by atoms with Gasteiger partial charge in [0.1, 0.15) is 0 Å². The summed E-state index contributed by atoms with van der Waals surface area (Å²) in [6.07, 6.45) is 2.55. The molecule has 0 spiro atoms. The van der Waals surface area contributed by atoms with E-state index >= 15 is 0 Å². The van der Waals surface area contributed by atoms with Gasteiger partial charge in [0, 0.05) is 6.04 Å². The monoisotopic (exact) mass is 153 g/mol. The lowest BCUT2D eigenvalue weighted by Crippen LogP contribution is -2.11. The van der Waals surface area contributed by atoms with Gasteiger partial charge in [0.15, 0.2) is 0 Å². The number of hydrogen-bond acceptors (Lipinski definition) is 2. The Bertz CT molecular complexity index is 229. The molecule has 2 rings (SSSR count). The predicted octanol–water partition coefficient (Wildman–Crippen LogP) is 1.95.